The van der Waals surface area contributed by atoms with Crippen LogP contribution in [-0.2, 0) is 28.6 Å². The van der Waals surface area contributed by atoms with Crippen molar-refractivity contribution in [1.82, 2.24) is 0 Å². The molecule has 0 heterocycles. The predicted octanol–water partition coefficient (Wildman–Crippen LogP) is 24.4. The van der Waals surface area contributed by atoms with Crippen molar-refractivity contribution < 1.29 is 28.6 Å². The minimum Gasteiger partial charge on any atom is -0.462 e. The summed E-state index contributed by atoms with van der Waals surface area (Å²) in [5.74, 6) is -0.854. The van der Waals surface area contributed by atoms with Crippen LogP contribution in [0.1, 0.15) is 367 Å². The molecule has 0 spiro atoms. The van der Waals surface area contributed by atoms with Gasteiger partial charge in [0.1, 0.15) is 13.2 Å². The fraction of sp³-hybridized carbons (Fsp3) is 0.800. The standard InChI is InChI=1S/C75H134O6/c1-4-7-10-13-16-19-22-24-26-28-30-32-33-34-35-36-37-38-39-40-41-43-44-46-48-50-53-56-59-62-65-68-74(77)80-71-72(70-79-73(76)67-64-61-58-55-52-21-18-15-12-9-6-3)81-75(78)69-66-63-60-57-54-51-49-47-45-42-31-29-27-25-23-20-17-14-11-8-5-2/h7,10,16,19,23-26,29-32,72H,4-6,8-9,11-15,17-18,20-22,27-28,33-71H2,1-3H3/b10-7-,19-16-,25-23-,26-24-,31-29-,32-30-. The Morgan fingerprint density at radius 2 is 0.481 bits per heavy atom. The van der Waals surface area contributed by atoms with Crippen molar-refractivity contribution in [2.45, 2.75) is 374 Å². The summed E-state index contributed by atoms with van der Waals surface area (Å²) in [4.78, 5) is 38.4. The van der Waals surface area contributed by atoms with Crippen LogP contribution in [0.25, 0.3) is 0 Å². The molecule has 0 N–H and O–H groups in total. The number of unbranched alkanes of at least 4 members (excludes halogenated alkanes) is 42. The van der Waals surface area contributed by atoms with Gasteiger partial charge in [-0.25, -0.2) is 0 Å². The quantitative estimate of drug-likeness (QED) is 0.0261. The van der Waals surface area contributed by atoms with Gasteiger partial charge in [-0.3, -0.25) is 14.4 Å². The fourth-order valence-corrected chi connectivity index (χ4v) is 10.4. The first-order chi connectivity index (χ1) is 40.0. The van der Waals surface area contributed by atoms with Crippen molar-refractivity contribution in [2.24, 2.45) is 0 Å². The molecule has 0 aromatic carbocycles. The van der Waals surface area contributed by atoms with Gasteiger partial charge in [-0.2, -0.15) is 0 Å². The molecule has 6 heteroatoms. The molecule has 81 heavy (non-hydrogen) atoms. The first kappa shape index (κ1) is 77.9. The Labute approximate surface area is 503 Å². The number of rotatable bonds is 65. The Hall–Kier alpha value is -3.15. The van der Waals surface area contributed by atoms with Crippen LogP contribution < -0.4 is 0 Å². The van der Waals surface area contributed by atoms with E-state index in [4.69, 9.17) is 14.2 Å². The molecule has 0 amide bonds. The average molecular weight is 1130 g/mol. The lowest BCUT2D eigenvalue weighted by atomic mass is 10.0. The summed E-state index contributed by atoms with van der Waals surface area (Å²) >= 11 is 0. The minimum atomic E-state index is -0.775. The number of ether oxygens (including phenoxy) is 3. The van der Waals surface area contributed by atoms with E-state index in [1.54, 1.807) is 0 Å². The second kappa shape index (κ2) is 69.3. The minimum absolute atomic E-state index is 0.0713. The smallest absolute Gasteiger partial charge is 0.306 e. The first-order valence-electron chi connectivity index (χ1n) is 35.4. The molecule has 6 nitrogen and oxygen atoms in total. The first-order valence-corrected chi connectivity index (χ1v) is 35.4. The van der Waals surface area contributed by atoms with Crippen LogP contribution in [-0.4, -0.2) is 37.2 Å². The molecule has 0 aliphatic carbocycles. The number of allylic oxidation sites excluding steroid dienone is 12. The molecule has 0 bridgehead atoms. The van der Waals surface area contributed by atoms with E-state index in [1.807, 2.05) is 0 Å². The maximum absolute atomic E-state index is 12.9. The van der Waals surface area contributed by atoms with E-state index in [-0.39, 0.29) is 31.1 Å². The molecule has 0 aromatic rings. The summed E-state index contributed by atoms with van der Waals surface area (Å²) in [6.07, 6.45) is 90.8. The summed E-state index contributed by atoms with van der Waals surface area (Å²) in [6, 6.07) is 0. The lowest BCUT2D eigenvalue weighted by Gasteiger charge is -2.18. The summed E-state index contributed by atoms with van der Waals surface area (Å²) in [6.45, 7) is 6.56. The average Bonchev–Trinajstić information content (AvgIpc) is 3.47. The van der Waals surface area contributed by atoms with Gasteiger partial charge in [-0.1, -0.05) is 331 Å². The monoisotopic (exact) mass is 1130 g/mol. The number of esters is 3. The van der Waals surface area contributed by atoms with Gasteiger partial charge in [0.05, 0.1) is 0 Å². The van der Waals surface area contributed by atoms with Crippen LogP contribution in [0, 0.1) is 0 Å². The third-order valence-corrected chi connectivity index (χ3v) is 15.7. The number of hydrogen-bond donors (Lipinski definition) is 0. The van der Waals surface area contributed by atoms with Crippen molar-refractivity contribution in [2.75, 3.05) is 13.2 Å². The lowest BCUT2D eigenvalue weighted by Crippen LogP contribution is -2.30. The zero-order chi connectivity index (χ0) is 58.5. The molecule has 0 radical (unpaired) electrons. The number of hydrogen-bond acceptors (Lipinski definition) is 6. The molecule has 0 fully saturated rings. The molecule has 0 rings (SSSR count). The predicted molar refractivity (Wildman–Crippen MR) is 353 cm³/mol. The number of carbonyl (C=O) groups excluding carboxylic acids is 3. The van der Waals surface area contributed by atoms with E-state index in [0.717, 1.165) is 89.9 Å². The van der Waals surface area contributed by atoms with Crippen molar-refractivity contribution >= 4 is 17.9 Å². The molecule has 0 saturated carbocycles. The summed E-state index contributed by atoms with van der Waals surface area (Å²) in [5.41, 5.74) is 0. The highest BCUT2D eigenvalue weighted by Gasteiger charge is 2.19. The van der Waals surface area contributed by atoms with E-state index in [1.165, 1.54) is 238 Å². The van der Waals surface area contributed by atoms with Crippen molar-refractivity contribution in [3.8, 4) is 0 Å². The molecule has 0 aromatic heterocycles. The Morgan fingerprint density at radius 3 is 0.753 bits per heavy atom. The van der Waals surface area contributed by atoms with Crippen molar-refractivity contribution in [3.63, 3.8) is 0 Å². The van der Waals surface area contributed by atoms with Gasteiger partial charge < -0.3 is 14.2 Å². The summed E-state index contributed by atoms with van der Waals surface area (Å²) in [5, 5.41) is 0. The molecule has 0 aliphatic heterocycles. The van der Waals surface area contributed by atoms with Gasteiger partial charge in [0.25, 0.3) is 0 Å². The van der Waals surface area contributed by atoms with E-state index in [2.05, 4.69) is 93.7 Å². The van der Waals surface area contributed by atoms with Crippen LogP contribution in [0.15, 0.2) is 72.9 Å². The molecular weight excluding hydrogens is 997 g/mol. The number of carbonyl (C=O) groups is 3. The third kappa shape index (κ3) is 67.5. The van der Waals surface area contributed by atoms with Crippen LogP contribution in [0.2, 0.25) is 0 Å². The van der Waals surface area contributed by atoms with Gasteiger partial charge in [0.2, 0.25) is 0 Å². The van der Waals surface area contributed by atoms with Crippen LogP contribution in [0.3, 0.4) is 0 Å². The normalized spacial score (nSPS) is 12.5. The SMILES string of the molecule is CC/C=C\C/C=C\C/C=C\C/C=C\CCCCCCCCCCCCCCCCCCCCC(=O)OCC(COC(=O)CCCCCCCCCCCCC)OC(=O)CCCCCCCCCCC/C=C\C/C=C\CCCCCCC. The van der Waals surface area contributed by atoms with Gasteiger partial charge in [-0.15, -0.1) is 0 Å². The third-order valence-electron chi connectivity index (χ3n) is 15.7. The van der Waals surface area contributed by atoms with Gasteiger partial charge >= 0.3 is 17.9 Å². The maximum Gasteiger partial charge on any atom is 0.306 e. The highest BCUT2D eigenvalue weighted by Crippen LogP contribution is 2.18. The second-order valence-electron chi connectivity index (χ2n) is 23.8. The van der Waals surface area contributed by atoms with Crippen LogP contribution >= 0.6 is 0 Å². The topological polar surface area (TPSA) is 78.9 Å². The fourth-order valence-electron chi connectivity index (χ4n) is 10.4. The Morgan fingerprint density at radius 1 is 0.259 bits per heavy atom. The van der Waals surface area contributed by atoms with Crippen LogP contribution in [0.4, 0.5) is 0 Å². The molecule has 470 valence electrons. The van der Waals surface area contributed by atoms with E-state index in [9.17, 15) is 14.4 Å². The zero-order valence-corrected chi connectivity index (χ0v) is 54.1. The van der Waals surface area contributed by atoms with Crippen LogP contribution in [0.5, 0.6) is 0 Å². The highest BCUT2D eigenvalue weighted by atomic mass is 16.6. The maximum atomic E-state index is 12.9. The Bertz CT molecular complexity index is 1490. The second-order valence-corrected chi connectivity index (χ2v) is 23.8. The van der Waals surface area contributed by atoms with E-state index >= 15 is 0 Å². The molecular formula is C75H134O6. The summed E-state index contributed by atoms with van der Waals surface area (Å²) < 4.78 is 17.0. The lowest BCUT2D eigenvalue weighted by molar-refractivity contribution is -0.167. The van der Waals surface area contributed by atoms with Gasteiger partial charge in [-0.05, 0) is 89.9 Å². The van der Waals surface area contributed by atoms with Gasteiger partial charge in [0.15, 0.2) is 6.10 Å². The molecule has 0 aliphatic rings. The van der Waals surface area contributed by atoms with Crippen molar-refractivity contribution in [3.05, 3.63) is 72.9 Å². The Kier molecular flexibility index (Phi) is 66.6. The molecule has 1 unspecified atom stereocenters. The van der Waals surface area contributed by atoms with E-state index in [0.29, 0.717) is 19.3 Å². The summed E-state index contributed by atoms with van der Waals surface area (Å²) in [7, 11) is 0. The largest absolute Gasteiger partial charge is 0.462 e. The van der Waals surface area contributed by atoms with Crippen molar-refractivity contribution in [1.29, 1.82) is 0 Å². The highest BCUT2D eigenvalue weighted by molar-refractivity contribution is 5.71. The molecule has 0 saturated heterocycles. The van der Waals surface area contributed by atoms with Gasteiger partial charge in [0, 0.05) is 19.3 Å². The Balaban J connectivity index is 4.15. The molecule has 1 atom stereocenters. The zero-order valence-electron chi connectivity index (χ0n) is 54.1. The van der Waals surface area contributed by atoms with E-state index < -0.39 is 6.10 Å².